The molecule has 2 rings (SSSR count). The number of halogens is 2. The molecule has 0 aliphatic heterocycles. The molecular formula is C7H10F2O. The van der Waals surface area contributed by atoms with Gasteiger partial charge in [-0.25, -0.2) is 8.78 Å². The molecule has 1 spiro atoms. The molecule has 58 valence electrons. The molecule has 0 aromatic heterocycles. The Morgan fingerprint density at radius 2 is 1.90 bits per heavy atom. The molecule has 1 atom stereocenters. The van der Waals surface area contributed by atoms with Crippen LogP contribution in [0.1, 0.15) is 25.7 Å². The molecule has 3 heteroatoms. The maximum absolute atomic E-state index is 12.3. The van der Waals surface area contributed by atoms with Gasteiger partial charge in [0.15, 0.2) is 0 Å². The van der Waals surface area contributed by atoms with Gasteiger partial charge in [-0.15, -0.1) is 0 Å². The number of hydrogen-bond acceptors (Lipinski definition) is 1. The molecular weight excluding hydrogens is 138 g/mol. The van der Waals surface area contributed by atoms with E-state index < -0.39 is 12.0 Å². The molecule has 0 heterocycles. The zero-order valence-corrected chi connectivity index (χ0v) is 5.61. The number of aliphatic hydroxyl groups excluding tert-OH is 1. The first-order valence-corrected chi connectivity index (χ1v) is 3.60. The molecule has 0 bridgehead atoms. The molecule has 0 aromatic rings. The molecule has 1 N–H and O–H groups in total. The molecule has 2 fully saturated rings. The van der Waals surface area contributed by atoms with Crippen molar-refractivity contribution in [2.75, 3.05) is 0 Å². The Labute approximate surface area is 58.0 Å². The van der Waals surface area contributed by atoms with Gasteiger partial charge in [0.25, 0.3) is 0 Å². The highest BCUT2D eigenvalue weighted by molar-refractivity contribution is 5.08. The van der Waals surface area contributed by atoms with Gasteiger partial charge in [-0.1, -0.05) is 0 Å². The fourth-order valence-corrected chi connectivity index (χ4v) is 2.07. The Bertz CT molecular complexity index is 159. The first-order chi connectivity index (χ1) is 4.54. The third-order valence-electron chi connectivity index (χ3n) is 2.84. The second kappa shape index (κ2) is 1.52. The average molecular weight is 148 g/mol. The van der Waals surface area contributed by atoms with Crippen molar-refractivity contribution in [3.05, 3.63) is 0 Å². The number of alkyl halides is 2. The first-order valence-electron chi connectivity index (χ1n) is 3.60. The second-order valence-electron chi connectivity index (χ2n) is 3.63. The highest BCUT2D eigenvalue weighted by Gasteiger charge is 2.63. The minimum Gasteiger partial charge on any atom is -0.393 e. The smallest absolute Gasteiger partial charge is 0.249 e. The third kappa shape index (κ3) is 0.641. The van der Waals surface area contributed by atoms with Gasteiger partial charge in [0, 0.05) is 18.3 Å². The van der Waals surface area contributed by atoms with E-state index in [4.69, 9.17) is 5.11 Å². The fourth-order valence-electron chi connectivity index (χ4n) is 2.07. The Morgan fingerprint density at radius 3 is 2.00 bits per heavy atom. The van der Waals surface area contributed by atoms with Gasteiger partial charge in [0.05, 0.1) is 6.10 Å². The van der Waals surface area contributed by atoms with Crippen LogP contribution in [-0.2, 0) is 0 Å². The van der Waals surface area contributed by atoms with Crippen LogP contribution in [0.5, 0.6) is 0 Å². The highest BCUT2D eigenvalue weighted by Crippen LogP contribution is 2.62. The minimum absolute atomic E-state index is 0.0822. The molecule has 0 saturated heterocycles. The Morgan fingerprint density at radius 1 is 1.30 bits per heavy atom. The summed E-state index contributed by atoms with van der Waals surface area (Å²) in [5, 5.41) is 9.12. The lowest BCUT2D eigenvalue weighted by molar-refractivity contribution is -0.239. The molecule has 0 aromatic carbocycles. The summed E-state index contributed by atoms with van der Waals surface area (Å²) in [6.45, 7) is 0. The zero-order chi connectivity index (χ0) is 7.41. The maximum Gasteiger partial charge on any atom is 0.249 e. The van der Waals surface area contributed by atoms with Crippen LogP contribution in [0.25, 0.3) is 0 Å². The lowest BCUT2D eigenvalue weighted by Gasteiger charge is -2.56. The molecule has 2 saturated carbocycles. The third-order valence-corrected chi connectivity index (χ3v) is 2.84. The van der Waals surface area contributed by atoms with Crippen molar-refractivity contribution in [2.45, 2.75) is 37.7 Å². The zero-order valence-electron chi connectivity index (χ0n) is 5.61. The van der Waals surface area contributed by atoms with E-state index in [1.54, 1.807) is 0 Å². The number of aliphatic hydroxyl groups is 1. The van der Waals surface area contributed by atoms with Crippen molar-refractivity contribution in [3.63, 3.8) is 0 Å². The fraction of sp³-hybridized carbons (Fsp3) is 1.00. The Hall–Kier alpha value is -0.180. The van der Waals surface area contributed by atoms with Crippen LogP contribution in [0, 0.1) is 5.41 Å². The van der Waals surface area contributed by atoms with E-state index in [-0.39, 0.29) is 18.3 Å². The summed E-state index contributed by atoms with van der Waals surface area (Å²) < 4.78 is 24.6. The van der Waals surface area contributed by atoms with Crippen molar-refractivity contribution < 1.29 is 13.9 Å². The van der Waals surface area contributed by atoms with E-state index in [0.29, 0.717) is 0 Å². The van der Waals surface area contributed by atoms with Gasteiger partial charge < -0.3 is 5.11 Å². The topological polar surface area (TPSA) is 20.2 Å². The lowest BCUT2D eigenvalue weighted by Crippen LogP contribution is -2.58. The Balaban J connectivity index is 2.00. The molecule has 0 amide bonds. The monoisotopic (exact) mass is 148 g/mol. The van der Waals surface area contributed by atoms with E-state index in [0.717, 1.165) is 12.8 Å². The van der Waals surface area contributed by atoms with Crippen LogP contribution < -0.4 is 0 Å². The SMILES string of the molecule is OC1CCC12CC(F)(F)C2. The van der Waals surface area contributed by atoms with E-state index >= 15 is 0 Å². The molecule has 2 aliphatic carbocycles. The lowest BCUT2D eigenvalue weighted by atomic mass is 9.52. The second-order valence-corrected chi connectivity index (χ2v) is 3.63. The van der Waals surface area contributed by atoms with Gasteiger partial charge in [0.1, 0.15) is 0 Å². The largest absolute Gasteiger partial charge is 0.393 e. The highest BCUT2D eigenvalue weighted by atomic mass is 19.3. The van der Waals surface area contributed by atoms with E-state index in [2.05, 4.69) is 0 Å². The summed E-state index contributed by atoms with van der Waals surface area (Å²) in [5.41, 5.74) is -0.358. The van der Waals surface area contributed by atoms with Gasteiger partial charge in [-0.3, -0.25) is 0 Å². The molecule has 0 radical (unpaired) electrons. The summed E-state index contributed by atoms with van der Waals surface area (Å²) in [6, 6.07) is 0. The predicted molar refractivity (Wildman–Crippen MR) is 31.9 cm³/mol. The van der Waals surface area contributed by atoms with Crippen LogP contribution in [0.2, 0.25) is 0 Å². The van der Waals surface area contributed by atoms with Crippen LogP contribution >= 0.6 is 0 Å². The van der Waals surface area contributed by atoms with Crippen molar-refractivity contribution in [3.8, 4) is 0 Å². The summed E-state index contributed by atoms with van der Waals surface area (Å²) in [7, 11) is 0. The van der Waals surface area contributed by atoms with Crippen LogP contribution in [0.3, 0.4) is 0 Å². The van der Waals surface area contributed by atoms with Crippen molar-refractivity contribution >= 4 is 0 Å². The average Bonchev–Trinajstić information content (AvgIpc) is 1.78. The minimum atomic E-state index is -2.47. The van der Waals surface area contributed by atoms with Gasteiger partial charge in [0.2, 0.25) is 5.92 Å². The normalized spacial score (nSPS) is 40.5. The molecule has 10 heavy (non-hydrogen) atoms. The maximum atomic E-state index is 12.3. The number of rotatable bonds is 0. The van der Waals surface area contributed by atoms with Crippen molar-refractivity contribution in [2.24, 2.45) is 5.41 Å². The first kappa shape index (κ1) is 6.53. The van der Waals surface area contributed by atoms with E-state index in [9.17, 15) is 8.78 Å². The van der Waals surface area contributed by atoms with Crippen LogP contribution in [0.4, 0.5) is 8.78 Å². The Kier molecular flexibility index (Phi) is 0.994. The number of hydrogen-bond donors (Lipinski definition) is 1. The van der Waals surface area contributed by atoms with Gasteiger partial charge in [-0.05, 0) is 12.8 Å². The molecule has 1 nitrogen and oxygen atoms in total. The van der Waals surface area contributed by atoms with E-state index in [1.807, 2.05) is 0 Å². The van der Waals surface area contributed by atoms with Crippen LogP contribution in [-0.4, -0.2) is 17.1 Å². The van der Waals surface area contributed by atoms with E-state index in [1.165, 1.54) is 0 Å². The predicted octanol–water partition coefficient (Wildman–Crippen LogP) is 1.56. The van der Waals surface area contributed by atoms with Gasteiger partial charge in [-0.2, -0.15) is 0 Å². The summed E-state index contributed by atoms with van der Waals surface area (Å²) in [4.78, 5) is 0. The molecule has 2 aliphatic rings. The quantitative estimate of drug-likeness (QED) is 0.552. The standard InChI is InChI=1S/C7H10F2O/c8-7(9)3-6(4-7)2-1-5(6)10/h5,10H,1-4H2. The summed E-state index contributed by atoms with van der Waals surface area (Å²) >= 11 is 0. The van der Waals surface area contributed by atoms with Gasteiger partial charge >= 0.3 is 0 Å². The van der Waals surface area contributed by atoms with Crippen LogP contribution in [0.15, 0.2) is 0 Å². The summed E-state index contributed by atoms with van der Waals surface area (Å²) in [5.74, 6) is -2.47. The van der Waals surface area contributed by atoms with Crippen molar-refractivity contribution in [1.29, 1.82) is 0 Å². The van der Waals surface area contributed by atoms with Crippen molar-refractivity contribution in [1.82, 2.24) is 0 Å². The summed E-state index contributed by atoms with van der Waals surface area (Å²) in [6.07, 6.45) is 0.912. The molecule has 1 unspecified atom stereocenters.